The molecule has 2 unspecified atom stereocenters. The van der Waals surface area contributed by atoms with Crippen LogP contribution in [0.25, 0.3) is 11.4 Å². The number of aliphatic hydroxyl groups excluding tert-OH is 1. The SMILES string of the molecule is O=C1C(=O)C(Nc2cc(-c3nn[nH]n3)cc(C3CC3)c2)C1O. The van der Waals surface area contributed by atoms with Crippen LogP contribution in [-0.2, 0) is 9.59 Å². The zero-order valence-corrected chi connectivity index (χ0v) is 11.5. The van der Waals surface area contributed by atoms with E-state index in [1.165, 1.54) is 0 Å². The summed E-state index contributed by atoms with van der Waals surface area (Å²) in [6.45, 7) is 0. The molecule has 2 aliphatic carbocycles. The fraction of sp³-hybridized carbons (Fsp3) is 0.357. The van der Waals surface area contributed by atoms with Gasteiger partial charge in [0.25, 0.3) is 0 Å². The van der Waals surface area contributed by atoms with Gasteiger partial charge in [0.1, 0.15) is 12.1 Å². The molecular formula is C14H13N5O3. The van der Waals surface area contributed by atoms with Gasteiger partial charge in [-0.1, -0.05) is 0 Å². The number of Topliss-reactive ketones (excluding diaryl/α,β-unsaturated/α-hetero) is 2. The third-order valence-corrected chi connectivity index (χ3v) is 4.04. The summed E-state index contributed by atoms with van der Waals surface area (Å²) in [4.78, 5) is 22.6. The Morgan fingerprint density at radius 1 is 1.18 bits per heavy atom. The van der Waals surface area contributed by atoms with Crippen molar-refractivity contribution in [2.75, 3.05) is 5.32 Å². The van der Waals surface area contributed by atoms with E-state index in [1.54, 1.807) is 6.07 Å². The molecule has 2 aliphatic rings. The van der Waals surface area contributed by atoms with Crippen molar-refractivity contribution in [1.82, 2.24) is 20.6 Å². The minimum absolute atomic E-state index is 0.460. The Morgan fingerprint density at radius 2 is 2.00 bits per heavy atom. The molecule has 2 fully saturated rings. The highest BCUT2D eigenvalue weighted by molar-refractivity contribution is 6.49. The average Bonchev–Trinajstić information content (AvgIpc) is 3.25. The summed E-state index contributed by atoms with van der Waals surface area (Å²) in [5.41, 5.74) is 2.56. The van der Waals surface area contributed by atoms with Crippen molar-refractivity contribution in [1.29, 1.82) is 0 Å². The summed E-state index contributed by atoms with van der Waals surface area (Å²) in [5.74, 6) is -0.377. The molecule has 0 bridgehead atoms. The summed E-state index contributed by atoms with van der Waals surface area (Å²) in [7, 11) is 0. The number of benzene rings is 1. The number of aromatic nitrogens is 4. The highest BCUT2D eigenvalue weighted by atomic mass is 16.3. The molecule has 1 aromatic carbocycles. The first-order chi connectivity index (χ1) is 10.6. The van der Waals surface area contributed by atoms with Crippen molar-refractivity contribution in [3.8, 4) is 11.4 Å². The number of aliphatic hydroxyl groups is 1. The quantitative estimate of drug-likeness (QED) is 0.681. The van der Waals surface area contributed by atoms with E-state index in [-0.39, 0.29) is 0 Å². The number of nitrogens with one attached hydrogen (secondary N) is 2. The number of hydrogen-bond acceptors (Lipinski definition) is 7. The van der Waals surface area contributed by atoms with Crippen molar-refractivity contribution in [2.45, 2.75) is 30.9 Å². The van der Waals surface area contributed by atoms with Gasteiger partial charge in [0.15, 0.2) is 0 Å². The molecule has 8 nitrogen and oxygen atoms in total. The smallest absolute Gasteiger partial charge is 0.231 e. The highest BCUT2D eigenvalue weighted by Crippen LogP contribution is 2.42. The molecule has 4 rings (SSSR count). The summed E-state index contributed by atoms with van der Waals surface area (Å²) in [6.07, 6.45) is 0.975. The van der Waals surface area contributed by atoms with Gasteiger partial charge in [0.2, 0.25) is 17.4 Å². The number of tetrazole rings is 1. The highest BCUT2D eigenvalue weighted by Gasteiger charge is 2.48. The number of anilines is 1. The number of rotatable bonds is 4. The summed E-state index contributed by atoms with van der Waals surface area (Å²) in [6, 6.07) is 4.83. The first-order valence-electron chi connectivity index (χ1n) is 7.05. The standard InChI is InChI=1S/C14H13N5O3/c20-11-10(12(21)13(11)22)15-9-4-7(6-1-2-6)3-8(5-9)14-16-18-19-17-14/h3-6,10-11,15,20H,1-2H2,(H,16,17,18,19). The summed E-state index contributed by atoms with van der Waals surface area (Å²) in [5, 5.41) is 26.4. The second kappa shape index (κ2) is 4.70. The normalized spacial score (nSPS) is 24.2. The van der Waals surface area contributed by atoms with Crippen molar-refractivity contribution in [3.05, 3.63) is 23.8 Å². The molecule has 0 saturated heterocycles. The molecule has 3 N–H and O–H groups in total. The molecule has 1 heterocycles. The lowest BCUT2D eigenvalue weighted by molar-refractivity contribution is -0.152. The minimum Gasteiger partial charge on any atom is -0.382 e. The van der Waals surface area contributed by atoms with Gasteiger partial charge in [0, 0.05) is 11.3 Å². The Labute approximate surface area is 124 Å². The van der Waals surface area contributed by atoms with Crippen LogP contribution in [0.5, 0.6) is 0 Å². The Kier molecular flexibility index (Phi) is 2.80. The van der Waals surface area contributed by atoms with E-state index < -0.39 is 23.7 Å². The van der Waals surface area contributed by atoms with Gasteiger partial charge in [-0.15, -0.1) is 10.2 Å². The summed E-state index contributed by atoms with van der Waals surface area (Å²) < 4.78 is 0. The van der Waals surface area contributed by atoms with Crippen molar-refractivity contribution in [3.63, 3.8) is 0 Å². The molecule has 22 heavy (non-hydrogen) atoms. The van der Waals surface area contributed by atoms with Gasteiger partial charge in [-0.05, 0) is 47.7 Å². The zero-order chi connectivity index (χ0) is 15.3. The molecule has 1 aromatic heterocycles. The second-order valence-corrected chi connectivity index (χ2v) is 5.65. The Morgan fingerprint density at radius 3 is 2.64 bits per heavy atom. The van der Waals surface area contributed by atoms with Crippen LogP contribution in [-0.4, -0.2) is 49.4 Å². The van der Waals surface area contributed by atoms with Crippen LogP contribution in [0.1, 0.15) is 24.3 Å². The largest absolute Gasteiger partial charge is 0.382 e. The third-order valence-electron chi connectivity index (χ3n) is 4.04. The van der Waals surface area contributed by atoms with Crippen LogP contribution in [0.15, 0.2) is 18.2 Å². The lowest BCUT2D eigenvalue weighted by Crippen LogP contribution is -2.61. The van der Waals surface area contributed by atoms with E-state index in [4.69, 9.17) is 0 Å². The first-order valence-corrected chi connectivity index (χ1v) is 7.05. The van der Waals surface area contributed by atoms with Crippen molar-refractivity contribution in [2.24, 2.45) is 0 Å². The molecule has 112 valence electrons. The number of ketones is 2. The maximum Gasteiger partial charge on any atom is 0.231 e. The molecule has 0 radical (unpaired) electrons. The predicted octanol–water partition coefficient (Wildman–Crippen LogP) is 0.0373. The van der Waals surface area contributed by atoms with Crippen LogP contribution in [0.3, 0.4) is 0 Å². The fourth-order valence-corrected chi connectivity index (χ4v) is 2.62. The molecule has 0 aliphatic heterocycles. The van der Waals surface area contributed by atoms with Crippen LogP contribution in [0, 0.1) is 0 Å². The fourth-order valence-electron chi connectivity index (χ4n) is 2.62. The van der Waals surface area contributed by atoms with Gasteiger partial charge in [-0.25, -0.2) is 0 Å². The number of carbonyl (C=O) groups is 2. The molecule has 0 spiro atoms. The average molecular weight is 299 g/mol. The van der Waals surface area contributed by atoms with Crippen LogP contribution in [0.2, 0.25) is 0 Å². The summed E-state index contributed by atoms with van der Waals surface area (Å²) >= 11 is 0. The Hall–Kier alpha value is -2.61. The van der Waals surface area contributed by atoms with E-state index >= 15 is 0 Å². The van der Waals surface area contributed by atoms with Crippen molar-refractivity contribution >= 4 is 17.3 Å². The topological polar surface area (TPSA) is 121 Å². The van der Waals surface area contributed by atoms with E-state index in [1.807, 2.05) is 12.1 Å². The van der Waals surface area contributed by atoms with Gasteiger partial charge in [0.05, 0.1) is 0 Å². The third kappa shape index (κ3) is 2.08. The monoisotopic (exact) mass is 299 g/mol. The number of nitrogens with zero attached hydrogens (tertiary/aromatic N) is 3. The number of aromatic amines is 1. The Balaban J connectivity index is 1.66. The van der Waals surface area contributed by atoms with Gasteiger partial charge in [-0.3, -0.25) is 9.59 Å². The first kappa shape index (κ1) is 13.1. The molecule has 2 aromatic rings. The van der Waals surface area contributed by atoms with Crippen LogP contribution < -0.4 is 5.32 Å². The number of H-pyrrole nitrogens is 1. The maximum absolute atomic E-state index is 11.5. The molecular weight excluding hydrogens is 286 g/mol. The lowest BCUT2D eigenvalue weighted by atomic mass is 9.85. The predicted molar refractivity (Wildman–Crippen MR) is 75.0 cm³/mol. The van der Waals surface area contributed by atoms with Crippen LogP contribution in [0.4, 0.5) is 5.69 Å². The van der Waals surface area contributed by atoms with E-state index in [0.717, 1.165) is 24.0 Å². The van der Waals surface area contributed by atoms with E-state index in [0.29, 0.717) is 17.4 Å². The molecule has 0 amide bonds. The van der Waals surface area contributed by atoms with Crippen molar-refractivity contribution < 1.29 is 14.7 Å². The Bertz CT molecular complexity index is 754. The zero-order valence-electron chi connectivity index (χ0n) is 11.5. The van der Waals surface area contributed by atoms with Gasteiger partial charge >= 0.3 is 0 Å². The lowest BCUT2D eigenvalue weighted by Gasteiger charge is -2.30. The van der Waals surface area contributed by atoms with E-state index in [2.05, 4.69) is 25.9 Å². The van der Waals surface area contributed by atoms with E-state index in [9.17, 15) is 14.7 Å². The molecule has 2 atom stereocenters. The van der Waals surface area contributed by atoms with Crippen LogP contribution >= 0.6 is 0 Å². The minimum atomic E-state index is -1.27. The van der Waals surface area contributed by atoms with Gasteiger partial charge < -0.3 is 10.4 Å². The number of hydrogen-bond donors (Lipinski definition) is 3. The maximum atomic E-state index is 11.5. The second-order valence-electron chi connectivity index (χ2n) is 5.65. The molecule has 8 heteroatoms. The van der Waals surface area contributed by atoms with Gasteiger partial charge in [-0.2, -0.15) is 5.21 Å². The molecule has 2 saturated carbocycles. The number of carbonyl (C=O) groups excluding carboxylic acids is 2.